The highest BCUT2D eigenvalue weighted by atomic mass is 35.5. The van der Waals surface area contributed by atoms with Gasteiger partial charge in [0.05, 0.1) is 0 Å². The number of halogens is 1. The molecule has 84 valence electrons. The van der Waals surface area contributed by atoms with Crippen LogP contribution in [0, 0.1) is 17.8 Å². The molecule has 1 N–H and O–H groups in total. The molecule has 2 aliphatic carbocycles. The molecule has 2 unspecified atom stereocenters. The smallest absolute Gasteiger partial charge is 0.229 e. The van der Waals surface area contributed by atoms with E-state index < -0.39 is 0 Å². The first-order valence-electron chi connectivity index (χ1n) is 5.54. The lowest BCUT2D eigenvalue weighted by Gasteiger charge is -2.05. The first-order valence-corrected chi connectivity index (χ1v) is 5.92. The molecule has 0 radical (unpaired) electrons. The number of anilines is 1. The Bertz CT molecular complexity index is 427. The summed E-state index contributed by atoms with van der Waals surface area (Å²) >= 11 is 5.72. The molecule has 2 atom stereocenters. The van der Waals surface area contributed by atoms with E-state index in [4.69, 9.17) is 11.6 Å². The summed E-state index contributed by atoms with van der Waals surface area (Å²) in [5, 5.41) is 3.15. The second-order valence-corrected chi connectivity index (χ2v) is 4.89. The van der Waals surface area contributed by atoms with Crippen LogP contribution >= 0.6 is 11.6 Å². The summed E-state index contributed by atoms with van der Waals surface area (Å²) < 4.78 is 0. The number of fused-ring (bicyclic) bond motifs is 1. The van der Waals surface area contributed by atoms with E-state index in [1.165, 1.54) is 25.6 Å². The van der Waals surface area contributed by atoms with Gasteiger partial charge in [0.2, 0.25) is 5.91 Å². The van der Waals surface area contributed by atoms with E-state index in [2.05, 4.69) is 15.3 Å². The van der Waals surface area contributed by atoms with Gasteiger partial charge in [0, 0.05) is 12.0 Å². The normalized spacial score (nSPS) is 30.9. The van der Waals surface area contributed by atoms with Crippen molar-refractivity contribution in [1.82, 2.24) is 9.97 Å². The fourth-order valence-electron chi connectivity index (χ4n) is 2.82. The number of hydrogen-bond acceptors (Lipinski definition) is 3. The number of rotatable bonds is 2. The second-order valence-electron chi connectivity index (χ2n) is 4.50. The third kappa shape index (κ3) is 1.67. The molecule has 5 heteroatoms. The molecule has 0 bridgehead atoms. The number of carbonyl (C=O) groups is 1. The van der Waals surface area contributed by atoms with Gasteiger partial charge in [-0.3, -0.25) is 4.79 Å². The third-order valence-electron chi connectivity index (χ3n) is 3.59. The minimum atomic E-state index is 0.0875. The largest absolute Gasteiger partial charge is 0.310 e. The molecule has 1 amide bonds. The maximum Gasteiger partial charge on any atom is 0.229 e. The van der Waals surface area contributed by atoms with Gasteiger partial charge in [0.15, 0.2) is 0 Å². The zero-order valence-electron chi connectivity index (χ0n) is 8.69. The van der Waals surface area contributed by atoms with E-state index in [-0.39, 0.29) is 11.8 Å². The highest BCUT2D eigenvalue weighted by Gasteiger charge is 2.56. The molecule has 0 saturated heterocycles. The molecule has 1 aromatic heterocycles. The molecule has 4 nitrogen and oxygen atoms in total. The lowest BCUT2D eigenvalue weighted by molar-refractivity contribution is -0.118. The van der Waals surface area contributed by atoms with Gasteiger partial charge in [-0.2, -0.15) is 0 Å². The summed E-state index contributed by atoms with van der Waals surface area (Å²) in [5.41, 5.74) is 0. The average Bonchev–Trinajstić information content (AvgIpc) is 2.73. The van der Waals surface area contributed by atoms with Crippen molar-refractivity contribution in [3.8, 4) is 0 Å². The molecule has 0 spiro atoms. The monoisotopic (exact) mass is 237 g/mol. The summed E-state index contributed by atoms with van der Waals surface area (Å²) in [6.45, 7) is 0. The van der Waals surface area contributed by atoms with Crippen molar-refractivity contribution in [2.45, 2.75) is 19.3 Å². The lowest BCUT2D eigenvalue weighted by atomic mass is 10.1. The van der Waals surface area contributed by atoms with E-state index in [1.807, 2.05) is 0 Å². The molecular formula is C11H12ClN3O. The molecule has 2 saturated carbocycles. The van der Waals surface area contributed by atoms with Gasteiger partial charge in [-0.15, -0.1) is 0 Å². The highest BCUT2D eigenvalue weighted by Crippen LogP contribution is 2.57. The van der Waals surface area contributed by atoms with Crippen molar-refractivity contribution in [2.75, 3.05) is 5.32 Å². The number of amides is 1. The zero-order chi connectivity index (χ0) is 11.1. The summed E-state index contributed by atoms with van der Waals surface area (Å²) in [6.07, 6.45) is 5.03. The Labute approximate surface area is 98.4 Å². The molecular weight excluding hydrogens is 226 g/mol. The van der Waals surface area contributed by atoms with Gasteiger partial charge in [0.1, 0.15) is 17.3 Å². The van der Waals surface area contributed by atoms with Crippen molar-refractivity contribution in [2.24, 2.45) is 17.8 Å². The second kappa shape index (κ2) is 3.70. The Kier molecular flexibility index (Phi) is 2.32. The molecule has 0 aliphatic heterocycles. The SMILES string of the molecule is O=C(Nc1cc(Cl)ncn1)C1C2CCCC21. The van der Waals surface area contributed by atoms with Gasteiger partial charge < -0.3 is 5.32 Å². The predicted molar refractivity (Wildman–Crippen MR) is 60.0 cm³/mol. The molecule has 3 rings (SSSR count). The minimum absolute atomic E-state index is 0.0875. The van der Waals surface area contributed by atoms with Crippen LogP contribution in [-0.2, 0) is 4.79 Å². The van der Waals surface area contributed by atoms with Crippen LogP contribution < -0.4 is 5.32 Å². The number of aromatic nitrogens is 2. The van der Waals surface area contributed by atoms with Crippen LogP contribution in [0.15, 0.2) is 12.4 Å². The van der Waals surface area contributed by atoms with Crippen molar-refractivity contribution in [3.05, 3.63) is 17.5 Å². The molecule has 2 aliphatic rings. The molecule has 0 aromatic carbocycles. The fraction of sp³-hybridized carbons (Fsp3) is 0.545. The zero-order valence-corrected chi connectivity index (χ0v) is 9.44. The van der Waals surface area contributed by atoms with E-state index in [9.17, 15) is 4.79 Å². The standard InChI is InChI=1S/C11H12ClN3O/c12-8-4-9(14-5-13-8)15-11(16)10-6-2-1-3-7(6)10/h4-7,10H,1-3H2,(H,13,14,15,16). The van der Waals surface area contributed by atoms with Crippen LogP contribution in [0.25, 0.3) is 0 Å². The summed E-state index contributed by atoms with van der Waals surface area (Å²) in [4.78, 5) is 19.6. The quantitative estimate of drug-likeness (QED) is 0.802. The van der Waals surface area contributed by atoms with Gasteiger partial charge in [-0.25, -0.2) is 9.97 Å². The first kappa shape index (κ1) is 10.0. The molecule has 2 fully saturated rings. The number of nitrogens with one attached hydrogen (secondary N) is 1. The van der Waals surface area contributed by atoms with Crippen LogP contribution in [0.1, 0.15) is 19.3 Å². The Morgan fingerprint density at radius 1 is 1.38 bits per heavy atom. The van der Waals surface area contributed by atoms with Gasteiger partial charge in [-0.05, 0) is 24.7 Å². The minimum Gasteiger partial charge on any atom is -0.310 e. The predicted octanol–water partition coefficient (Wildman–Crippen LogP) is 2.11. The fourth-order valence-corrected chi connectivity index (χ4v) is 2.97. The van der Waals surface area contributed by atoms with E-state index in [0.29, 0.717) is 22.8 Å². The van der Waals surface area contributed by atoms with Gasteiger partial charge in [-0.1, -0.05) is 18.0 Å². The molecule has 1 heterocycles. The lowest BCUT2D eigenvalue weighted by Crippen LogP contribution is -2.17. The van der Waals surface area contributed by atoms with Crippen molar-refractivity contribution >= 4 is 23.3 Å². The van der Waals surface area contributed by atoms with Gasteiger partial charge >= 0.3 is 0 Å². The maximum atomic E-state index is 11.9. The van der Waals surface area contributed by atoms with Crippen LogP contribution in [0.2, 0.25) is 5.15 Å². The summed E-state index contributed by atoms with van der Waals surface area (Å²) in [6, 6.07) is 1.57. The summed E-state index contributed by atoms with van der Waals surface area (Å²) in [5.74, 6) is 2.04. The number of hydrogen-bond donors (Lipinski definition) is 1. The Morgan fingerprint density at radius 2 is 2.12 bits per heavy atom. The van der Waals surface area contributed by atoms with E-state index in [0.717, 1.165) is 0 Å². The van der Waals surface area contributed by atoms with Crippen LogP contribution in [0.3, 0.4) is 0 Å². The average molecular weight is 238 g/mol. The third-order valence-corrected chi connectivity index (χ3v) is 3.80. The van der Waals surface area contributed by atoms with Gasteiger partial charge in [0.25, 0.3) is 0 Å². The Hall–Kier alpha value is -1.16. The van der Waals surface area contributed by atoms with Crippen LogP contribution in [-0.4, -0.2) is 15.9 Å². The number of carbonyl (C=O) groups excluding carboxylic acids is 1. The van der Waals surface area contributed by atoms with Crippen molar-refractivity contribution in [1.29, 1.82) is 0 Å². The van der Waals surface area contributed by atoms with E-state index in [1.54, 1.807) is 6.07 Å². The number of nitrogens with zero attached hydrogens (tertiary/aromatic N) is 2. The van der Waals surface area contributed by atoms with E-state index >= 15 is 0 Å². The Morgan fingerprint density at radius 3 is 2.81 bits per heavy atom. The molecule has 16 heavy (non-hydrogen) atoms. The van der Waals surface area contributed by atoms with Crippen LogP contribution in [0.4, 0.5) is 5.82 Å². The molecule has 1 aromatic rings. The van der Waals surface area contributed by atoms with Crippen molar-refractivity contribution in [3.63, 3.8) is 0 Å². The Balaban J connectivity index is 1.65. The van der Waals surface area contributed by atoms with Crippen LogP contribution in [0.5, 0.6) is 0 Å². The summed E-state index contributed by atoms with van der Waals surface area (Å²) in [7, 11) is 0. The highest BCUT2D eigenvalue weighted by molar-refractivity contribution is 6.29. The first-order chi connectivity index (χ1) is 7.75. The topological polar surface area (TPSA) is 54.9 Å². The maximum absolute atomic E-state index is 11.9. The van der Waals surface area contributed by atoms with Crippen molar-refractivity contribution < 1.29 is 4.79 Å².